The van der Waals surface area contributed by atoms with E-state index in [2.05, 4.69) is 18.5 Å². The van der Waals surface area contributed by atoms with Crippen molar-refractivity contribution in [3.63, 3.8) is 0 Å². The lowest BCUT2D eigenvalue weighted by Gasteiger charge is -1.96. The lowest BCUT2D eigenvalue weighted by Crippen LogP contribution is -2.12. The van der Waals surface area contributed by atoms with Crippen LogP contribution in [0.15, 0.2) is 24.9 Å². The maximum Gasteiger partial charge on any atom is 0.139 e. The van der Waals surface area contributed by atoms with Crippen LogP contribution in [0.3, 0.4) is 0 Å². The van der Waals surface area contributed by atoms with E-state index in [9.17, 15) is 4.79 Å². The molecule has 0 aliphatic rings. The van der Waals surface area contributed by atoms with Crippen molar-refractivity contribution >= 4 is 6.29 Å². The Bertz CT molecular complexity index is 107. The van der Waals surface area contributed by atoms with Crippen LogP contribution < -0.4 is 5.32 Å². The number of rotatable bonds is 4. The molecule has 0 rings (SSSR count). The van der Waals surface area contributed by atoms with E-state index >= 15 is 0 Å². The van der Waals surface area contributed by atoms with Crippen LogP contribution in [0.5, 0.6) is 0 Å². The summed E-state index contributed by atoms with van der Waals surface area (Å²) in [4.78, 5) is 9.69. The molecule has 0 aromatic heterocycles. The summed E-state index contributed by atoms with van der Waals surface area (Å²) in [5, 5.41) is 2.70. The van der Waals surface area contributed by atoms with Crippen molar-refractivity contribution in [2.24, 2.45) is 0 Å². The maximum atomic E-state index is 9.69. The molecule has 0 radical (unpaired) electrons. The highest BCUT2D eigenvalue weighted by Crippen LogP contribution is 1.78. The zero-order chi connectivity index (χ0) is 6.41. The van der Waals surface area contributed by atoms with Crippen LogP contribution in [0, 0.1) is 0 Å². The van der Waals surface area contributed by atoms with E-state index in [0.29, 0.717) is 12.2 Å². The summed E-state index contributed by atoms with van der Waals surface area (Å²) in [7, 11) is 0. The van der Waals surface area contributed by atoms with Gasteiger partial charge in [-0.05, 0) is 6.08 Å². The van der Waals surface area contributed by atoms with Crippen molar-refractivity contribution in [1.29, 1.82) is 0 Å². The monoisotopic (exact) mass is 111 g/mol. The number of carbonyl (C=O) groups excluding carboxylic acids is 1. The molecular formula is C6H9NO. The summed E-state index contributed by atoms with van der Waals surface area (Å²) in [6.07, 6.45) is 2.33. The van der Waals surface area contributed by atoms with Gasteiger partial charge in [-0.25, -0.2) is 0 Å². The highest BCUT2D eigenvalue weighted by Gasteiger charge is 1.79. The summed E-state index contributed by atoms with van der Waals surface area (Å²) in [5.74, 6) is 0. The first-order valence-electron chi connectivity index (χ1n) is 2.30. The van der Waals surface area contributed by atoms with Crippen LogP contribution in [-0.2, 0) is 4.79 Å². The predicted octanol–water partition coefficient (Wildman–Crippen LogP) is 0.475. The number of allylic oxidation sites excluding steroid dienone is 1. The Morgan fingerprint density at radius 2 is 2.38 bits per heavy atom. The summed E-state index contributed by atoms with van der Waals surface area (Å²) in [6, 6.07) is 0. The largest absolute Gasteiger partial charge is 0.379 e. The molecule has 0 atom stereocenters. The van der Waals surface area contributed by atoms with Gasteiger partial charge in [0.1, 0.15) is 6.29 Å². The molecule has 0 bridgehead atoms. The van der Waals surface area contributed by atoms with Crippen molar-refractivity contribution in [2.45, 2.75) is 0 Å². The van der Waals surface area contributed by atoms with Crippen molar-refractivity contribution in [2.75, 3.05) is 6.54 Å². The Morgan fingerprint density at radius 1 is 1.75 bits per heavy atom. The molecule has 44 valence electrons. The van der Waals surface area contributed by atoms with E-state index in [1.165, 1.54) is 0 Å². The Morgan fingerprint density at radius 3 is 2.75 bits per heavy atom. The van der Waals surface area contributed by atoms with Crippen LogP contribution in [-0.4, -0.2) is 12.8 Å². The zero-order valence-corrected chi connectivity index (χ0v) is 4.68. The normalized spacial score (nSPS) is 7.50. The van der Waals surface area contributed by atoms with E-state index in [4.69, 9.17) is 0 Å². The molecule has 0 spiro atoms. The van der Waals surface area contributed by atoms with E-state index in [1.54, 1.807) is 6.08 Å². The highest BCUT2D eigenvalue weighted by molar-refractivity contribution is 5.52. The third kappa shape index (κ3) is 3.15. The average molecular weight is 111 g/mol. The van der Waals surface area contributed by atoms with E-state index in [1.807, 2.05) is 0 Å². The summed E-state index contributed by atoms with van der Waals surface area (Å²) in [5.41, 5.74) is 0.678. The molecule has 0 aliphatic carbocycles. The third-order valence-corrected chi connectivity index (χ3v) is 0.659. The molecule has 0 aromatic carbocycles. The van der Waals surface area contributed by atoms with Gasteiger partial charge in [0.25, 0.3) is 0 Å². The number of hydrogen-bond acceptors (Lipinski definition) is 2. The molecule has 2 nitrogen and oxygen atoms in total. The zero-order valence-electron chi connectivity index (χ0n) is 4.68. The smallest absolute Gasteiger partial charge is 0.139 e. The van der Waals surface area contributed by atoms with Gasteiger partial charge in [-0.3, -0.25) is 0 Å². The number of aldehydes is 1. The van der Waals surface area contributed by atoms with Crippen LogP contribution in [0.1, 0.15) is 0 Å². The lowest BCUT2D eigenvalue weighted by atomic mass is 10.5. The molecule has 0 aliphatic heterocycles. The fraction of sp³-hybridized carbons (Fsp3) is 0.167. The molecule has 0 heterocycles. The van der Waals surface area contributed by atoms with Crippen molar-refractivity contribution < 1.29 is 4.79 Å². The minimum absolute atomic E-state index is 0.310. The second kappa shape index (κ2) is 4.12. The molecule has 0 amide bonds. The maximum absolute atomic E-state index is 9.69. The lowest BCUT2D eigenvalue weighted by molar-refractivity contribution is -0.107. The molecule has 0 fully saturated rings. The van der Waals surface area contributed by atoms with Crippen LogP contribution >= 0.6 is 0 Å². The molecular weight excluding hydrogens is 102 g/mol. The van der Waals surface area contributed by atoms with Gasteiger partial charge in [-0.15, -0.1) is 0 Å². The minimum atomic E-state index is 0.310. The van der Waals surface area contributed by atoms with E-state index in [-0.39, 0.29) is 0 Å². The Balaban J connectivity index is 3.24. The number of nitrogens with one attached hydrogen (secondary N) is 1. The van der Waals surface area contributed by atoms with E-state index in [0.717, 1.165) is 6.29 Å². The predicted molar refractivity (Wildman–Crippen MR) is 33.4 cm³/mol. The van der Waals surface area contributed by atoms with Gasteiger partial charge < -0.3 is 10.1 Å². The third-order valence-electron chi connectivity index (χ3n) is 0.659. The van der Waals surface area contributed by atoms with Crippen LogP contribution in [0.25, 0.3) is 0 Å². The first kappa shape index (κ1) is 6.95. The molecule has 8 heavy (non-hydrogen) atoms. The van der Waals surface area contributed by atoms with E-state index < -0.39 is 0 Å². The van der Waals surface area contributed by atoms with Crippen molar-refractivity contribution in [3.8, 4) is 0 Å². The molecule has 0 saturated carbocycles. The van der Waals surface area contributed by atoms with Gasteiger partial charge in [0, 0.05) is 5.70 Å². The molecule has 1 N–H and O–H groups in total. The van der Waals surface area contributed by atoms with Gasteiger partial charge in [-0.2, -0.15) is 0 Å². The Hall–Kier alpha value is -1.05. The molecule has 0 unspecified atom stereocenters. The first-order valence-corrected chi connectivity index (χ1v) is 2.30. The van der Waals surface area contributed by atoms with Crippen molar-refractivity contribution in [1.82, 2.24) is 5.32 Å². The van der Waals surface area contributed by atoms with Crippen LogP contribution in [0.4, 0.5) is 0 Å². The number of hydrogen-bond donors (Lipinski definition) is 1. The minimum Gasteiger partial charge on any atom is -0.379 e. The summed E-state index contributed by atoms with van der Waals surface area (Å²) >= 11 is 0. The molecule has 0 aromatic rings. The van der Waals surface area contributed by atoms with Gasteiger partial charge in [0.2, 0.25) is 0 Å². The molecule has 2 heteroatoms. The van der Waals surface area contributed by atoms with Gasteiger partial charge >= 0.3 is 0 Å². The average Bonchev–Trinajstić information content (AvgIpc) is 1.83. The second-order valence-electron chi connectivity index (χ2n) is 1.28. The Labute approximate surface area is 48.9 Å². The second-order valence-corrected chi connectivity index (χ2v) is 1.28. The van der Waals surface area contributed by atoms with Gasteiger partial charge in [0.05, 0.1) is 6.54 Å². The van der Waals surface area contributed by atoms with Crippen molar-refractivity contribution in [3.05, 3.63) is 24.9 Å². The Kier molecular flexibility index (Phi) is 3.58. The van der Waals surface area contributed by atoms with Crippen LogP contribution in [0.2, 0.25) is 0 Å². The molecule has 0 saturated heterocycles. The topological polar surface area (TPSA) is 29.1 Å². The summed E-state index contributed by atoms with van der Waals surface area (Å²) < 4.78 is 0. The number of carbonyl (C=O) groups is 1. The van der Waals surface area contributed by atoms with Gasteiger partial charge in [0.15, 0.2) is 0 Å². The quantitative estimate of drug-likeness (QED) is 0.422. The summed E-state index contributed by atoms with van der Waals surface area (Å²) in [6.45, 7) is 7.27. The SMILES string of the molecule is C=CC(=C)NCC=O. The standard InChI is InChI=1S/C6H9NO/c1-3-6(2)7-4-5-8/h3,5,7H,1-2,4H2. The first-order chi connectivity index (χ1) is 3.81. The van der Waals surface area contributed by atoms with Gasteiger partial charge in [-0.1, -0.05) is 13.2 Å². The fourth-order valence-corrected chi connectivity index (χ4v) is 0.245. The highest BCUT2D eigenvalue weighted by atomic mass is 16.1. The fourth-order valence-electron chi connectivity index (χ4n) is 0.245.